The maximum absolute atomic E-state index is 3.73. The molecule has 2 rings (SSSR count). The summed E-state index contributed by atoms with van der Waals surface area (Å²) in [5.74, 6) is 0.849. The van der Waals surface area contributed by atoms with Gasteiger partial charge in [-0.05, 0) is 39.4 Å². The Morgan fingerprint density at radius 2 is 2.28 bits per heavy atom. The molecule has 0 amide bonds. The topological polar surface area (TPSA) is 3.24 Å². The number of halogens is 2. The zero-order valence-electron chi connectivity index (χ0n) is 11.1. The van der Waals surface area contributed by atoms with Crippen molar-refractivity contribution in [2.45, 2.75) is 43.7 Å². The Labute approximate surface area is 132 Å². The Morgan fingerprint density at radius 1 is 1.50 bits per heavy atom. The summed E-state index contributed by atoms with van der Waals surface area (Å²) in [6.45, 7) is 6.91. The first kappa shape index (κ1) is 15.0. The van der Waals surface area contributed by atoms with Crippen LogP contribution in [0.4, 0.5) is 0 Å². The normalized spacial score (nSPS) is 24.6. The predicted octanol–water partition coefficient (Wildman–Crippen LogP) is 5.48. The van der Waals surface area contributed by atoms with E-state index in [1.165, 1.54) is 47.2 Å². The van der Waals surface area contributed by atoms with E-state index >= 15 is 0 Å². The van der Waals surface area contributed by atoms with E-state index in [9.17, 15) is 0 Å². The van der Waals surface area contributed by atoms with Crippen molar-refractivity contribution in [3.8, 4) is 0 Å². The molecule has 0 radical (unpaired) electrons. The van der Waals surface area contributed by atoms with Gasteiger partial charge in [-0.2, -0.15) is 0 Å². The van der Waals surface area contributed by atoms with Crippen molar-refractivity contribution in [2.24, 2.45) is 5.92 Å². The van der Waals surface area contributed by atoms with Gasteiger partial charge in [0.25, 0.3) is 0 Å². The van der Waals surface area contributed by atoms with E-state index < -0.39 is 0 Å². The van der Waals surface area contributed by atoms with Crippen molar-refractivity contribution in [3.63, 3.8) is 0 Å². The third-order valence-corrected chi connectivity index (χ3v) is 6.76. The summed E-state index contributed by atoms with van der Waals surface area (Å²) in [6, 6.07) is 0. The number of unbranched alkanes of at least 4 members (excludes halogenated alkanes) is 1. The minimum atomic E-state index is 0.447. The lowest BCUT2D eigenvalue weighted by molar-refractivity contribution is 0.311. The van der Waals surface area contributed by atoms with Crippen LogP contribution in [0.2, 0.25) is 0 Å². The monoisotopic (exact) mass is 393 g/mol. The van der Waals surface area contributed by atoms with Crippen LogP contribution in [0.15, 0.2) is 21.2 Å². The number of hydrogen-bond donors (Lipinski definition) is 0. The second-order valence-electron chi connectivity index (χ2n) is 5.12. The van der Waals surface area contributed by atoms with Crippen molar-refractivity contribution in [1.29, 1.82) is 0 Å². The van der Waals surface area contributed by atoms with Gasteiger partial charge >= 0.3 is 0 Å². The highest BCUT2D eigenvalue weighted by atomic mass is 79.9. The van der Waals surface area contributed by atoms with E-state index in [2.05, 4.69) is 56.8 Å². The summed E-state index contributed by atoms with van der Waals surface area (Å²) < 4.78 is 1.77. The molecule has 2 heterocycles. The summed E-state index contributed by atoms with van der Waals surface area (Å²) in [5, 5.41) is 0. The second kappa shape index (κ2) is 6.85. The molecular formula is C14H21Br2NS. The molecule has 2 aliphatic rings. The van der Waals surface area contributed by atoms with Crippen molar-refractivity contribution in [3.05, 3.63) is 21.2 Å². The molecule has 0 saturated heterocycles. The molecule has 2 unspecified atom stereocenters. The molecule has 0 aromatic carbocycles. The highest BCUT2D eigenvalue weighted by molar-refractivity contribution is 9.15. The van der Waals surface area contributed by atoms with Crippen LogP contribution in [0, 0.1) is 5.92 Å². The van der Waals surface area contributed by atoms with E-state index in [1.807, 2.05) is 11.8 Å². The van der Waals surface area contributed by atoms with E-state index in [0.29, 0.717) is 4.16 Å². The molecule has 0 saturated carbocycles. The Hall–Kier alpha value is 0.590. The molecule has 18 heavy (non-hydrogen) atoms. The first-order valence-corrected chi connectivity index (χ1v) is 9.40. The highest BCUT2D eigenvalue weighted by Crippen LogP contribution is 2.50. The van der Waals surface area contributed by atoms with Gasteiger partial charge in [0.15, 0.2) is 0 Å². The average Bonchev–Trinajstić information content (AvgIpc) is 2.87. The Morgan fingerprint density at radius 3 is 2.89 bits per heavy atom. The van der Waals surface area contributed by atoms with Gasteiger partial charge in [0.05, 0.1) is 7.97 Å². The molecule has 0 N–H and O–H groups in total. The molecule has 2 aliphatic heterocycles. The number of nitrogens with zero attached hydrogens (tertiary/aromatic N) is 1. The molecular weight excluding hydrogens is 374 g/mol. The first-order chi connectivity index (χ1) is 8.65. The molecule has 102 valence electrons. The molecule has 0 bridgehead atoms. The molecule has 4 heteroatoms. The van der Waals surface area contributed by atoms with Crippen molar-refractivity contribution >= 4 is 43.6 Å². The van der Waals surface area contributed by atoms with Crippen LogP contribution in [0.3, 0.4) is 0 Å². The minimum absolute atomic E-state index is 0.447. The summed E-state index contributed by atoms with van der Waals surface area (Å²) in [6.07, 6.45) is 7.72. The number of thioether (sulfide) groups is 1. The predicted molar refractivity (Wildman–Crippen MR) is 89.2 cm³/mol. The third-order valence-electron chi connectivity index (χ3n) is 3.76. The summed E-state index contributed by atoms with van der Waals surface area (Å²) in [5.41, 5.74) is 2.96. The Kier molecular flexibility index (Phi) is 5.70. The Bertz CT molecular complexity index is 365. The molecule has 1 nitrogen and oxygen atoms in total. The minimum Gasteiger partial charge on any atom is -0.372 e. The molecule has 2 atom stereocenters. The lowest BCUT2D eigenvalue weighted by atomic mass is 9.99. The maximum Gasteiger partial charge on any atom is 0.0919 e. The largest absolute Gasteiger partial charge is 0.372 e. The van der Waals surface area contributed by atoms with Crippen LogP contribution in [0.5, 0.6) is 0 Å². The highest BCUT2D eigenvalue weighted by Gasteiger charge is 2.33. The Balaban J connectivity index is 1.93. The van der Waals surface area contributed by atoms with E-state index in [1.54, 1.807) is 0 Å². The number of hydrogen-bond acceptors (Lipinski definition) is 2. The van der Waals surface area contributed by atoms with Crippen LogP contribution >= 0.6 is 43.6 Å². The molecule has 0 fully saturated rings. The molecule has 0 aromatic heterocycles. The van der Waals surface area contributed by atoms with E-state index in [0.717, 1.165) is 12.5 Å². The molecule has 0 aliphatic carbocycles. The van der Waals surface area contributed by atoms with Crippen molar-refractivity contribution < 1.29 is 0 Å². The fourth-order valence-electron chi connectivity index (χ4n) is 2.58. The second-order valence-corrected chi connectivity index (χ2v) is 9.07. The van der Waals surface area contributed by atoms with Gasteiger partial charge in [0.1, 0.15) is 0 Å². The van der Waals surface area contributed by atoms with Crippen molar-refractivity contribution in [2.75, 3.05) is 13.1 Å². The van der Waals surface area contributed by atoms with Crippen LogP contribution < -0.4 is 0 Å². The average molecular weight is 395 g/mol. The fourth-order valence-corrected chi connectivity index (χ4v) is 6.04. The summed E-state index contributed by atoms with van der Waals surface area (Å²) in [4.78, 5) is 2.50. The zero-order valence-corrected chi connectivity index (χ0v) is 15.1. The molecule has 0 aromatic rings. The van der Waals surface area contributed by atoms with Gasteiger partial charge in [-0.25, -0.2) is 0 Å². The van der Waals surface area contributed by atoms with Crippen LogP contribution in [0.25, 0.3) is 0 Å². The first-order valence-electron chi connectivity index (χ1n) is 6.81. The SMILES string of the molecule is CCCCC(CC)CN1C=C2C(=C(Br)SC2Br)C1. The van der Waals surface area contributed by atoms with Crippen LogP contribution in [-0.4, -0.2) is 22.1 Å². The summed E-state index contributed by atoms with van der Waals surface area (Å²) in [7, 11) is 0. The standard InChI is InChI=1S/C14H21Br2NS/c1-3-5-6-10(4-2)7-17-8-11-12(9-17)14(16)18-13(11)15/h8,10,13H,3-7,9H2,1-2H3. The van der Waals surface area contributed by atoms with Crippen LogP contribution in [0.1, 0.15) is 39.5 Å². The van der Waals surface area contributed by atoms with E-state index in [4.69, 9.17) is 0 Å². The molecule has 0 spiro atoms. The number of rotatable bonds is 6. The quantitative estimate of drug-likeness (QED) is 0.549. The smallest absolute Gasteiger partial charge is 0.0919 e. The van der Waals surface area contributed by atoms with Gasteiger partial charge in [0, 0.05) is 19.3 Å². The van der Waals surface area contributed by atoms with Gasteiger partial charge in [-0.15, -0.1) is 0 Å². The van der Waals surface area contributed by atoms with Crippen LogP contribution in [-0.2, 0) is 0 Å². The fraction of sp³-hybridized carbons (Fsp3) is 0.714. The zero-order chi connectivity index (χ0) is 13.1. The van der Waals surface area contributed by atoms with Crippen molar-refractivity contribution in [1.82, 2.24) is 4.90 Å². The van der Waals surface area contributed by atoms with Gasteiger partial charge < -0.3 is 4.90 Å². The number of fused-ring (bicyclic) bond motifs is 1. The van der Waals surface area contributed by atoms with Gasteiger partial charge in [-0.3, -0.25) is 0 Å². The lowest BCUT2D eigenvalue weighted by Crippen LogP contribution is -2.23. The summed E-state index contributed by atoms with van der Waals surface area (Å²) >= 11 is 9.29. The maximum atomic E-state index is 3.73. The number of alkyl halides is 1. The van der Waals surface area contributed by atoms with Gasteiger partial charge in [-0.1, -0.05) is 60.8 Å². The third kappa shape index (κ3) is 3.37. The lowest BCUT2D eigenvalue weighted by Gasteiger charge is -2.23. The van der Waals surface area contributed by atoms with Gasteiger partial charge in [0.2, 0.25) is 0 Å². The van der Waals surface area contributed by atoms with E-state index in [-0.39, 0.29) is 0 Å².